The first-order valence-electron chi connectivity index (χ1n) is 15.2. The normalized spacial score (nSPS) is 13.2. The predicted molar refractivity (Wildman–Crippen MR) is 177 cm³/mol. The number of aromatic nitrogens is 1. The van der Waals surface area contributed by atoms with Crippen molar-refractivity contribution >= 4 is 55.3 Å². The molecule has 0 spiro atoms. The minimum Gasteiger partial charge on any atom is -0.418 e. The number of fused-ring (bicyclic) bond motifs is 3. The van der Waals surface area contributed by atoms with Gasteiger partial charge < -0.3 is 9.36 Å². The van der Waals surface area contributed by atoms with Crippen LogP contribution in [0.2, 0.25) is 0 Å². The maximum atomic E-state index is 13.8. The summed E-state index contributed by atoms with van der Waals surface area (Å²) in [6.07, 6.45) is 7.71. The van der Waals surface area contributed by atoms with Gasteiger partial charge in [-0.2, -0.15) is 8.42 Å². The van der Waals surface area contributed by atoms with Crippen LogP contribution in [0.3, 0.4) is 0 Å². The van der Waals surface area contributed by atoms with Crippen LogP contribution in [0.5, 0.6) is 0 Å². The summed E-state index contributed by atoms with van der Waals surface area (Å²) in [5, 5.41) is 5.57. The van der Waals surface area contributed by atoms with Gasteiger partial charge in [0.1, 0.15) is 10.6 Å². The van der Waals surface area contributed by atoms with Crippen LogP contribution < -0.4 is 0 Å². The molecule has 1 aromatic heterocycles. The summed E-state index contributed by atoms with van der Waals surface area (Å²) in [5.74, 6) is -0.324. The molecule has 1 atom stereocenters. The Morgan fingerprint density at radius 1 is 1.07 bits per heavy atom. The van der Waals surface area contributed by atoms with Gasteiger partial charge in [-0.15, -0.1) is 35.4 Å². The Morgan fingerprint density at radius 3 is 2.38 bits per heavy atom. The monoisotopic (exact) mass is 850 g/mol. The van der Waals surface area contributed by atoms with Crippen molar-refractivity contribution in [2.45, 2.75) is 78.7 Å². The van der Waals surface area contributed by atoms with Gasteiger partial charge in [0.15, 0.2) is 0 Å². The zero-order chi connectivity index (χ0) is 32.0. The molecule has 1 heterocycles. The first kappa shape index (κ1) is 36.5. The minimum atomic E-state index is -4.20. The van der Waals surface area contributed by atoms with Crippen LogP contribution >= 0.6 is 0 Å². The molecule has 7 nitrogen and oxygen atoms in total. The molecule has 9 heteroatoms. The molecule has 0 aliphatic carbocycles. The van der Waals surface area contributed by atoms with E-state index >= 15 is 0 Å². The number of aryl methyl sites for hydroxylation is 1. The summed E-state index contributed by atoms with van der Waals surface area (Å²) in [5.41, 5.74) is 4.76. The zero-order valence-electron chi connectivity index (χ0n) is 26.8. The molecule has 0 fully saturated rings. The van der Waals surface area contributed by atoms with Crippen LogP contribution in [0.15, 0.2) is 70.7 Å². The summed E-state index contributed by atoms with van der Waals surface area (Å²) in [4.78, 5) is 24.8. The van der Waals surface area contributed by atoms with Gasteiger partial charge >= 0.3 is 41.2 Å². The van der Waals surface area contributed by atoms with Crippen LogP contribution in [0, 0.1) is 55.9 Å². The summed E-state index contributed by atoms with van der Waals surface area (Å²) in [6.45, 7) is 12.5. The van der Waals surface area contributed by atoms with Gasteiger partial charge in [0.2, 0.25) is 5.78 Å². The zero-order valence-corrected chi connectivity index (χ0v) is 31.8. The predicted octanol–water partition coefficient (Wildman–Crippen LogP) is 8.23. The van der Waals surface area contributed by atoms with E-state index in [1.165, 1.54) is 18.2 Å². The molecular formula is C36H40N2O5SU. The number of nitrogens with zero attached hydrogens (tertiary/aromatic N) is 2. The topological polar surface area (TPSA) is 94.8 Å². The Hall–Kier alpha value is -2.99. The number of unbranched alkanes of at least 4 members (excludes halogenated alkanes) is 1. The third-order valence-electron chi connectivity index (χ3n) is 8.04. The maximum absolute atomic E-state index is 13.8. The fraction of sp³-hybridized carbons (Fsp3) is 0.361. The van der Waals surface area contributed by atoms with E-state index in [2.05, 4.69) is 29.6 Å². The number of oxime groups is 1. The van der Waals surface area contributed by atoms with Crippen LogP contribution in [-0.4, -0.2) is 30.8 Å². The average molecular weight is 851 g/mol. The number of ketones is 1. The Morgan fingerprint density at radius 2 is 1.76 bits per heavy atom. The van der Waals surface area contributed by atoms with Crippen molar-refractivity contribution in [1.82, 2.24) is 4.57 Å². The number of allylic oxidation sites excluding steroid dienone is 2. The number of Topliss-reactive ketones (excluding diaryl/α,β-unsaturated/α-hetero) is 1. The largest absolute Gasteiger partial charge is 2.00 e. The number of rotatable bonds is 14. The maximum Gasteiger partial charge on any atom is 2.00 e. The first-order valence-corrected chi connectivity index (χ1v) is 16.6. The smallest absolute Gasteiger partial charge is 0.418 e. The molecule has 0 saturated heterocycles. The molecule has 0 radical (unpaired) electrons. The minimum absolute atomic E-state index is 0. The number of hydrogen-bond acceptors (Lipinski definition) is 6. The van der Waals surface area contributed by atoms with Gasteiger partial charge in [-0.1, -0.05) is 99.6 Å². The second kappa shape index (κ2) is 16.0. The molecule has 1 unspecified atom stereocenters. The number of hydrogen-bond donors (Lipinski definition) is 0. The van der Waals surface area contributed by atoms with Gasteiger partial charge in [-0.05, 0) is 49.3 Å². The van der Waals surface area contributed by atoms with Crippen LogP contribution in [0.1, 0.15) is 81.8 Å². The standard InChI is InChI=1S/C36H40N2O5S.U/c1-7-9-10-27(8-2)23-38-33-17-13-28(26(6)19-20-39)21-31(33)32-22-29(14-18-34(32)38)36(40)35(24(3)4)37-43-44(41,42)30-15-11-25(5)12-16-30;/h11-19,22,24,27H,7-10,23H2,1-6H3;/q-2;+2/b26-19?,37-35+;. The quantitative estimate of drug-likeness (QED) is 0.0419. The van der Waals surface area contributed by atoms with E-state index in [0.717, 1.165) is 70.7 Å². The van der Waals surface area contributed by atoms with E-state index in [4.69, 9.17) is 4.28 Å². The Labute approximate surface area is 290 Å². The van der Waals surface area contributed by atoms with E-state index in [1.807, 2.05) is 44.4 Å². The Kier molecular flexibility index (Phi) is 13.0. The van der Waals surface area contributed by atoms with Crippen molar-refractivity contribution in [1.29, 1.82) is 0 Å². The molecule has 0 amide bonds. The summed E-state index contributed by atoms with van der Waals surface area (Å²) in [7, 11) is -4.20. The molecule has 3 aromatic carbocycles. The molecule has 234 valence electrons. The summed E-state index contributed by atoms with van der Waals surface area (Å²) < 4.78 is 32.9. The van der Waals surface area contributed by atoms with Crippen LogP contribution in [0.25, 0.3) is 27.4 Å². The molecular weight excluding hydrogens is 811 g/mol. The molecule has 45 heavy (non-hydrogen) atoms. The Bertz CT molecular complexity index is 1840. The van der Waals surface area contributed by atoms with E-state index in [-0.39, 0.29) is 41.7 Å². The van der Waals surface area contributed by atoms with Gasteiger partial charge in [0.25, 0.3) is 0 Å². The fourth-order valence-electron chi connectivity index (χ4n) is 5.32. The van der Waals surface area contributed by atoms with E-state index in [0.29, 0.717) is 11.5 Å². The van der Waals surface area contributed by atoms with Gasteiger partial charge in [-0.3, -0.25) is 9.08 Å². The van der Waals surface area contributed by atoms with Crippen molar-refractivity contribution in [2.24, 2.45) is 17.0 Å². The summed E-state index contributed by atoms with van der Waals surface area (Å²) in [6, 6.07) is 19.2. The Balaban J connectivity index is 0.00000552. The summed E-state index contributed by atoms with van der Waals surface area (Å²) >= 11 is 0. The first-order chi connectivity index (χ1) is 21.0. The van der Waals surface area contributed by atoms with Gasteiger partial charge in [0, 0.05) is 23.5 Å². The molecule has 0 saturated carbocycles. The average Bonchev–Trinajstić information content (AvgIpc) is 3.31. The van der Waals surface area contributed by atoms with Crippen LogP contribution in [0.4, 0.5) is 0 Å². The van der Waals surface area contributed by atoms with E-state index < -0.39 is 21.8 Å². The third kappa shape index (κ3) is 8.44. The molecule has 0 aliphatic rings. The van der Waals surface area contributed by atoms with Gasteiger partial charge in [0.05, 0.1) is 0 Å². The van der Waals surface area contributed by atoms with Crippen molar-refractivity contribution in [2.75, 3.05) is 0 Å². The molecule has 0 aliphatic heterocycles. The fourth-order valence-corrected chi connectivity index (χ4v) is 6.06. The SMILES string of the molecule is CCCCC(CC)Cn1c2ccc(C(C)=C[C-]=O)[c-]c2c2cc(C(=O)/C(=N/OS(=O)(=O)c3ccc(C)cc3)C(C)C)ccc21.[U+2]. The van der Waals surface area contributed by atoms with Crippen molar-refractivity contribution < 1.29 is 53.4 Å². The van der Waals surface area contributed by atoms with Crippen molar-refractivity contribution in [3.63, 3.8) is 0 Å². The van der Waals surface area contributed by atoms with E-state index in [9.17, 15) is 18.0 Å². The van der Waals surface area contributed by atoms with Crippen molar-refractivity contribution in [3.05, 3.63) is 83.4 Å². The number of carbonyl (C=O) groups excluding carboxylic acids is 2. The van der Waals surface area contributed by atoms with Crippen LogP contribution in [-0.2, 0) is 25.7 Å². The second-order valence-electron chi connectivity index (χ2n) is 11.6. The number of benzene rings is 3. The molecule has 4 aromatic rings. The molecule has 0 N–H and O–H groups in total. The molecule has 4 rings (SSSR count). The number of carbonyl (C=O) groups is 1. The molecule has 0 bridgehead atoms. The van der Waals surface area contributed by atoms with Crippen molar-refractivity contribution in [3.8, 4) is 0 Å². The second-order valence-corrected chi connectivity index (χ2v) is 13.2. The van der Waals surface area contributed by atoms with Gasteiger partial charge in [-0.25, -0.2) is 0 Å². The van der Waals surface area contributed by atoms with E-state index in [1.54, 1.807) is 32.0 Å². The third-order valence-corrected chi connectivity index (χ3v) is 9.16.